The fourth-order valence-electron chi connectivity index (χ4n) is 2.39. The second-order valence-electron chi connectivity index (χ2n) is 4.92. The van der Waals surface area contributed by atoms with Gasteiger partial charge in [-0.3, -0.25) is 4.90 Å². The van der Waals surface area contributed by atoms with Gasteiger partial charge in [-0.05, 0) is 18.1 Å². The van der Waals surface area contributed by atoms with Gasteiger partial charge in [0.15, 0.2) is 0 Å². The maximum Gasteiger partial charge on any atom is 0.416 e. The molecule has 1 saturated heterocycles. The maximum absolute atomic E-state index is 12.6. The standard InChI is InChI=1S/C14H18F3NO2/c15-14(16,17)12-3-1-2-11(8-12)9-13-10-18(4-6-19)5-7-20-13/h1-3,8,13,19H,4-7,9-10H2. The van der Waals surface area contributed by atoms with Crippen LogP contribution in [0.5, 0.6) is 0 Å². The van der Waals surface area contributed by atoms with Crippen LogP contribution >= 0.6 is 0 Å². The molecule has 1 unspecified atom stereocenters. The average Bonchev–Trinajstić information content (AvgIpc) is 2.39. The molecule has 6 heteroatoms. The SMILES string of the molecule is OCCN1CCOC(Cc2cccc(C(F)(F)F)c2)C1. The van der Waals surface area contributed by atoms with E-state index in [4.69, 9.17) is 9.84 Å². The van der Waals surface area contributed by atoms with Crippen molar-refractivity contribution in [2.24, 2.45) is 0 Å². The van der Waals surface area contributed by atoms with Crippen LogP contribution < -0.4 is 0 Å². The summed E-state index contributed by atoms with van der Waals surface area (Å²) in [4.78, 5) is 2.06. The van der Waals surface area contributed by atoms with Crippen molar-refractivity contribution < 1.29 is 23.0 Å². The van der Waals surface area contributed by atoms with Gasteiger partial charge in [0.2, 0.25) is 0 Å². The monoisotopic (exact) mass is 289 g/mol. The van der Waals surface area contributed by atoms with E-state index in [-0.39, 0.29) is 12.7 Å². The molecule has 1 aliphatic rings. The Hall–Kier alpha value is -1.11. The van der Waals surface area contributed by atoms with Crippen molar-refractivity contribution in [1.82, 2.24) is 4.90 Å². The molecule has 0 bridgehead atoms. The van der Waals surface area contributed by atoms with Gasteiger partial charge in [0.05, 0.1) is 24.9 Å². The number of rotatable bonds is 4. The lowest BCUT2D eigenvalue weighted by atomic mass is 10.0. The van der Waals surface area contributed by atoms with Crippen molar-refractivity contribution in [1.29, 1.82) is 0 Å². The van der Waals surface area contributed by atoms with Crippen LogP contribution in [0.15, 0.2) is 24.3 Å². The minimum Gasteiger partial charge on any atom is -0.395 e. The number of ether oxygens (including phenoxy) is 1. The molecule has 1 atom stereocenters. The Morgan fingerprint density at radius 3 is 2.85 bits per heavy atom. The van der Waals surface area contributed by atoms with E-state index in [2.05, 4.69) is 4.90 Å². The van der Waals surface area contributed by atoms with Crippen molar-refractivity contribution in [2.75, 3.05) is 32.8 Å². The van der Waals surface area contributed by atoms with Gasteiger partial charge in [0.25, 0.3) is 0 Å². The lowest BCUT2D eigenvalue weighted by Crippen LogP contribution is -2.44. The summed E-state index contributed by atoms with van der Waals surface area (Å²) in [6.07, 6.45) is -3.99. The molecule has 112 valence electrons. The smallest absolute Gasteiger partial charge is 0.395 e. The third kappa shape index (κ3) is 4.19. The van der Waals surface area contributed by atoms with E-state index < -0.39 is 11.7 Å². The third-order valence-electron chi connectivity index (χ3n) is 3.36. The summed E-state index contributed by atoms with van der Waals surface area (Å²) in [6.45, 7) is 2.58. The highest BCUT2D eigenvalue weighted by Crippen LogP contribution is 2.29. The predicted molar refractivity (Wildman–Crippen MR) is 68.4 cm³/mol. The van der Waals surface area contributed by atoms with E-state index in [1.807, 2.05) is 0 Å². The average molecular weight is 289 g/mol. The second-order valence-corrected chi connectivity index (χ2v) is 4.92. The Morgan fingerprint density at radius 2 is 2.15 bits per heavy atom. The molecule has 1 aromatic rings. The van der Waals surface area contributed by atoms with E-state index in [0.717, 1.165) is 12.6 Å². The van der Waals surface area contributed by atoms with E-state index >= 15 is 0 Å². The van der Waals surface area contributed by atoms with Crippen molar-refractivity contribution in [2.45, 2.75) is 18.7 Å². The molecule has 3 nitrogen and oxygen atoms in total. The molecule has 0 aliphatic carbocycles. The number of alkyl halides is 3. The Kier molecular flexibility index (Phi) is 5.01. The van der Waals surface area contributed by atoms with Crippen molar-refractivity contribution in [3.8, 4) is 0 Å². The van der Waals surface area contributed by atoms with Gasteiger partial charge in [-0.25, -0.2) is 0 Å². The lowest BCUT2D eigenvalue weighted by molar-refractivity contribution is -0.137. The molecule has 2 rings (SSSR count). The first-order valence-electron chi connectivity index (χ1n) is 6.60. The third-order valence-corrected chi connectivity index (χ3v) is 3.36. The fourth-order valence-corrected chi connectivity index (χ4v) is 2.39. The number of hydrogen-bond acceptors (Lipinski definition) is 3. The molecule has 0 saturated carbocycles. The summed E-state index contributed by atoms with van der Waals surface area (Å²) < 4.78 is 43.5. The molecular weight excluding hydrogens is 271 g/mol. The number of benzene rings is 1. The molecule has 0 radical (unpaired) electrons. The highest BCUT2D eigenvalue weighted by Gasteiger charge is 2.30. The van der Waals surface area contributed by atoms with Crippen LogP contribution in [-0.4, -0.2) is 49.0 Å². The van der Waals surface area contributed by atoms with Crippen molar-refractivity contribution >= 4 is 0 Å². The minimum atomic E-state index is -4.31. The number of aliphatic hydroxyl groups excluding tert-OH is 1. The lowest BCUT2D eigenvalue weighted by Gasteiger charge is -2.32. The Labute approximate surface area is 116 Å². The maximum atomic E-state index is 12.6. The number of nitrogens with zero attached hydrogens (tertiary/aromatic N) is 1. The molecule has 1 N–H and O–H groups in total. The molecule has 1 aromatic carbocycles. The Morgan fingerprint density at radius 1 is 1.35 bits per heavy atom. The predicted octanol–water partition coefficient (Wildman–Crippen LogP) is 1.94. The molecule has 1 heterocycles. The fraction of sp³-hybridized carbons (Fsp3) is 0.571. The highest BCUT2D eigenvalue weighted by atomic mass is 19.4. The summed E-state index contributed by atoms with van der Waals surface area (Å²) >= 11 is 0. The molecule has 1 aliphatic heterocycles. The first kappa shape index (κ1) is 15.3. The number of morpholine rings is 1. The van der Waals surface area contributed by atoms with Crippen LogP contribution in [0.25, 0.3) is 0 Å². The van der Waals surface area contributed by atoms with Gasteiger partial charge in [-0.2, -0.15) is 13.2 Å². The minimum absolute atomic E-state index is 0.0796. The normalized spacial score (nSPS) is 21.1. The van der Waals surface area contributed by atoms with Gasteiger partial charge in [0.1, 0.15) is 0 Å². The highest BCUT2D eigenvalue weighted by molar-refractivity contribution is 5.26. The number of β-amino-alcohol motifs (C(OH)–C–C–N with tert-alkyl or cyclic N) is 1. The van der Waals surface area contributed by atoms with E-state index in [0.29, 0.717) is 31.7 Å². The zero-order valence-electron chi connectivity index (χ0n) is 11.1. The topological polar surface area (TPSA) is 32.7 Å². The number of aliphatic hydroxyl groups is 1. The molecule has 0 amide bonds. The van der Waals surface area contributed by atoms with E-state index in [1.165, 1.54) is 12.1 Å². The molecular formula is C14H18F3NO2. The molecule has 0 aromatic heterocycles. The van der Waals surface area contributed by atoms with Crippen LogP contribution in [-0.2, 0) is 17.3 Å². The van der Waals surface area contributed by atoms with E-state index in [9.17, 15) is 13.2 Å². The van der Waals surface area contributed by atoms with Gasteiger partial charge < -0.3 is 9.84 Å². The zero-order valence-corrected chi connectivity index (χ0v) is 11.1. The largest absolute Gasteiger partial charge is 0.416 e. The van der Waals surface area contributed by atoms with Crippen LogP contribution in [0, 0.1) is 0 Å². The summed E-state index contributed by atoms with van der Waals surface area (Å²) in [5, 5.41) is 8.91. The Bertz CT molecular complexity index is 435. The van der Waals surface area contributed by atoms with Crippen LogP contribution in [0.2, 0.25) is 0 Å². The summed E-state index contributed by atoms with van der Waals surface area (Å²) in [5.74, 6) is 0. The van der Waals surface area contributed by atoms with E-state index in [1.54, 1.807) is 6.07 Å². The Balaban J connectivity index is 1.99. The molecule has 1 fully saturated rings. The zero-order chi connectivity index (χ0) is 14.6. The van der Waals surface area contributed by atoms with Gasteiger partial charge in [-0.1, -0.05) is 18.2 Å². The van der Waals surface area contributed by atoms with Crippen LogP contribution in [0.1, 0.15) is 11.1 Å². The quantitative estimate of drug-likeness (QED) is 0.919. The summed E-state index contributed by atoms with van der Waals surface area (Å²) in [7, 11) is 0. The van der Waals surface area contributed by atoms with Gasteiger partial charge in [0, 0.05) is 19.6 Å². The summed E-state index contributed by atoms with van der Waals surface area (Å²) in [6, 6.07) is 5.35. The first-order valence-corrected chi connectivity index (χ1v) is 6.60. The molecule has 0 spiro atoms. The van der Waals surface area contributed by atoms with Crippen molar-refractivity contribution in [3.63, 3.8) is 0 Å². The summed E-state index contributed by atoms with van der Waals surface area (Å²) in [5.41, 5.74) is -0.00584. The van der Waals surface area contributed by atoms with Gasteiger partial charge in [-0.15, -0.1) is 0 Å². The van der Waals surface area contributed by atoms with Crippen LogP contribution in [0.4, 0.5) is 13.2 Å². The second kappa shape index (κ2) is 6.56. The van der Waals surface area contributed by atoms with Crippen molar-refractivity contribution in [3.05, 3.63) is 35.4 Å². The van der Waals surface area contributed by atoms with Gasteiger partial charge >= 0.3 is 6.18 Å². The van der Waals surface area contributed by atoms with Crippen LogP contribution in [0.3, 0.4) is 0 Å². The number of halogens is 3. The first-order chi connectivity index (χ1) is 9.49. The number of hydrogen-bond donors (Lipinski definition) is 1. The molecule has 20 heavy (non-hydrogen) atoms.